The van der Waals surface area contributed by atoms with Crippen molar-refractivity contribution < 1.29 is 66.5 Å². The maximum absolute atomic E-state index is 13.8. The van der Waals surface area contributed by atoms with E-state index in [0.29, 0.717) is 5.56 Å². The fourth-order valence-electron chi connectivity index (χ4n) is 7.00. The minimum absolute atomic E-state index is 0.174. The van der Waals surface area contributed by atoms with Crippen molar-refractivity contribution in [2.24, 2.45) is 0 Å². The van der Waals surface area contributed by atoms with Crippen molar-refractivity contribution in [2.75, 3.05) is 20.3 Å². The van der Waals surface area contributed by atoms with E-state index in [0.717, 1.165) is 0 Å². The molecular weight excluding hydrogens is 879 g/mol. The Morgan fingerprint density at radius 3 is 1.46 bits per heavy atom. The number of halogens is 1. The number of benzene rings is 4. The van der Waals surface area contributed by atoms with Crippen LogP contribution in [0.25, 0.3) is 0 Å². The van der Waals surface area contributed by atoms with Crippen LogP contribution in [0.2, 0.25) is 0 Å². The molecule has 59 heavy (non-hydrogen) atoms. The topological polar surface area (TPSA) is 161 Å². The summed E-state index contributed by atoms with van der Waals surface area (Å²) in [5, 5.41) is 0. The molecule has 4 aromatic carbocycles. The van der Waals surface area contributed by atoms with Gasteiger partial charge in [0.25, 0.3) is 0 Å². The number of rotatable bonds is 13. The van der Waals surface area contributed by atoms with E-state index in [1.54, 1.807) is 135 Å². The molecule has 0 saturated carbocycles. The highest BCUT2D eigenvalue weighted by molar-refractivity contribution is 14.1. The minimum Gasteiger partial charge on any atom is -0.459 e. The van der Waals surface area contributed by atoms with Gasteiger partial charge in [-0.3, -0.25) is 0 Å². The number of methoxy groups -OCH3 is 1. The van der Waals surface area contributed by atoms with Crippen LogP contribution in [0.3, 0.4) is 0 Å². The van der Waals surface area contributed by atoms with Crippen molar-refractivity contribution in [3.8, 4) is 0 Å². The number of esters is 4. The van der Waals surface area contributed by atoms with E-state index in [2.05, 4.69) is 22.6 Å². The molecule has 0 radical (unpaired) electrons. The summed E-state index contributed by atoms with van der Waals surface area (Å²) in [6.45, 7) is 3.07. The van der Waals surface area contributed by atoms with Crippen molar-refractivity contribution in [1.29, 1.82) is 0 Å². The number of hydrogen-bond acceptors (Lipinski definition) is 14. The minimum atomic E-state index is -1.47. The molecule has 0 bridgehead atoms. The van der Waals surface area contributed by atoms with Crippen molar-refractivity contribution in [3.05, 3.63) is 144 Å². The Morgan fingerprint density at radius 1 is 0.542 bits per heavy atom. The summed E-state index contributed by atoms with van der Waals surface area (Å²) in [7, 11) is 1.34. The molecule has 3 aliphatic rings. The lowest BCUT2D eigenvalue weighted by Crippen LogP contribution is -2.63. The SMILES string of the molecule is CO[C@H]1O[C@H](CO[C@@H]2O[C@H](COC(=O)c3ccccc3)[C@@H]3OC(C)(C)O[C@@H]3[C@H]2I)[C@@H](OC(=O)c2ccccc2)[C@H](OC(=O)c2ccccc2)[C@H]1OC(=O)c1ccccc1. The number of alkyl halides is 1. The Labute approximate surface area is 354 Å². The van der Waals surface area contributed by atoms with Gasteiger partial charge in [-0.15, -0.1) is 0 Å². The molecule has 0 spiro atoms. The lowest BCUT2D eigenvalue weighted by molar-refractivity contribution is -0.306. The van der Waals surface area contributed by atoms with Gasteiger partial charge in [-0.1, -0.05) is 95.4 Å². The number of fused-ring (bicyclic) bond motifs is 1. The first-order valence-electron chi connectivity index (χ1n) is 19.0. The highest BCUT2D eigenvalue weighted by atomic mass is 127. The van der Waals surface area contributed by atoms with Gasteiger partial charge in [-0.05, 0) is 62.4 Å². The fourth-order valence-corrected chi connectivity index (χ4v) is 7.94. The Balaban J connectivity index is 1.18. The van der Waals surface area contributed by atoms with Crippen LogP contribution in [0.5, 0.6) is 0 Å². The first-order valence-corrected chi connectivity index (χ1v) is 20.2. The molecule has 0 N–H and O–H groups in total. The molecule has 4 aromatic rings. The van der Waals surface area contributed by atoms with Crippen LogP contribution in [-0.2, 0) is 47.4 Å². The Kier molecular flexibility index (Phi) is 13.7. The van der Waals surface area contributed by atoms with Crippen LogP contribution in [0.15, 0.2) is 121 Å². The normalized spacial score (nSPS) is 28.4. The molecule has 3 heterocycles. The van der Waals surface area contributed by atoms with Gasteiger partial charge in [0.15, 0.2) is 36.7 Å². The number of carbonyl (C=O) groups is 4. The van der Waals surface area contributed by atoms with Crippen LogP contribution in [0, 0.1) is 0 Å². The maximum atomic E-state index is 13.8. The molecule has 0 amide bonds. The standard InChI is InChI=1S/C44H43IO14/c1-44(2)58-34-31(24-51-38(46)26-16-8-4-9-17-26)53-42(32(45)35(34)59-44)52-25-30-33(55-39(47)27-18-10-5-11-19-27)36(56-40(48)28-20-12-6-13-21-28)37(43(50-3)54-30)57-41(49)29-22-14-7-15-23-29/h4-23,30-37,42-43H,24-25H2,1-3H3/t30-,31-,32-,33-,34+,35-,36+,37-,42-,43+/m1/s1. The highest BCUT2D eigenvalue weighted by Crippen LogP contribution is 2.41. The predicted octanol–water partition coefficient (Wildman–Crippen LogP) is 5.96. The van der Waals surface area contributed by atoms with Gasteiger partial charge in [0.05, 0.1) is 32.8 Å². The summed E-state index contributed by atoms with van der Waals surface area (Å²) in [5.74, 6) is -3.83. The molecule has 14 nitrogen and oxygen atoms in total. The first-order chi connectivity index (χ1) is 28.5. The molecule has 0 aromatic heterocycles. The summed E-state index contributed by atoms with van der Waals surface area (Å²) in [4.78, 5) is 54.0. The summed E-state index contributed by atoms with van der Waals surface area (Å²) >= 11 is 2.16. The summed E-state index contributed by atoms with van der Waals surface area (Å²) < 4.78 is 60.9. The van der Waals surface area contributed by atoms with Gasteiger partial charge >= 0.3 is 23.9 Å². The Morgan fingerprint density at radius 2 is 0.966 bits per heavy atom. The third-order valence-electron chi connectivity index (χ3n) is 9.81. The molecule has 10 atom stereocenters. The zero-order valence-corrected chi connectivity index (χ0v) is 34.5. The molecular formula is C44H43IO14. The fraction of sp³-hybridized carbons (Fsp3) is 0.364. The summed E-state index contributed by atoms with van der Waals surface area (Å²) in [6, 6.07) is 33.2. The molecule has 7 rings (SSSR count). The zero-order chi connectivity index (χ0) is 41.5. The van der Waals surface area contributed by atoms with Gasteiger partial charge in [0.2, 0.25) is 0 Å². The van der Waals surface area contributed by atoms with Crippen molar-refractivity contribution >= 4 is 46.5 Å². The Bertz CT molecular complexity index is 2040. The van der Waals surface area contributed by atoms with Crippen molar-refractivity contribution in [2.45, 2.75) is 78.9 Å². The van der Waals surface area contributed by atoms with Crippen LogP contribution < -0.4 is 0 Å². The number of carbonyl (C=O) groups excluding carboxylic acids is 4. The first kappa shape index (κ1) is 42.4. The number of hydrogen-bond donors (Lipinski definition) is 0. The molecule has 3 saturated heterocycles. The quantitative estimate of drug-likeness (QED) is 0.0669. The smallest absolute Gasteiger partial charge is 0.338 e. The van der Waals surface area contributed by atoms with Crippen LogP contribution in [-0.4, -0.2) is 109 Å². The van der Waals surface area contributed by atoms with Gasteiger partial charge in [0.1, 0.15) is 31.0 Å². The third-order valence-corrected chi connectivity index (χ3v) is 11.1. The largest absolute Gasteiger partial charge is 0.459 e. The zero-order valence-electron chi connectivity index (χ0n) is 32.3. The van der Waals surface area contributed by atoms with Crippen molar-refractivity contribution in [3.63, 3.8) is 0 Å². The van der Waals surface area contributed by atoms with Gasteiger partial charge in [-0.2, -0.15) is 0 Å². The molecule has 310 valence electrons. The van der Waals surface area contributed by atoms with Gasteiger partial charge in [0, 0.05) is 7.11 Å². The molecule has 0 unspecified atom stereocenters. The van der Waals surface area contributed by atoms with Crippen molar-refractivity contribution in [1.82, 2.24) is 0 Å². The monoisotopic (exact) mass is 922 g/mol. The van der Waals surface area contributed by atoms with E-state index in [1.165, 1.54) is 7.11 Å². The van der Waals surface area contributed by atoms with E-state index in [4.69, 9.17) is 47.4 Å². The van der Waals surface area contributed by atoms with E-state index in [9.17, 15) is 19.2 Å². The second kappa shape index (κ2) is 19.1. The average molecular weight is 923 g/mol. The Hall–Kier alpha value is -4.75. The number of ether oxygens (including phenoxy) is 10. The lowest BCUT2D eigenvalue weighted by Gasteiger charge is -2.45. The van der Waals surface area contributed by atoms with E-state index in [-0.39, 0.29) is 29.9 Å². The van der Waals surface area contributed by atoms with Gasteiger partial charge in [-0.25, -0.2) is 19.2 Å². The summed E-state index contributed by atoms with van der Waals surface area (Å²) in [5.41, 5.74) is 0.984. The third kappa shape index (κ3) is 10.2. The average Bonchev–Trinajstić information content (AvgIpc) is 3.60. The van der Waals surface area contributed by atoms with Crippen LogP contribution in [0.1, 0.15) is 55.3 Å². The van der Waals surface area contributed by atoms with E-state index >= 15 is 0 Å². The molecule has 0 aliphatic carbocycles. The molecule has 15 heteroatoms. The van der Waals surface area contributed by atoms with E-state index < -0.39 is 88.9 Å². The van der Waals surface area contributed by atoms with Crippen LogP contribution in [0.4, 0.5) is 0 Å². The van der Waals surface area contributed by atoms with E-state index in [1.807, 2.05) is 0 Å². The highest BCUT2D eigenvalue weighted by Gasteiger charge is 2.57. The second-order valence-corrected chi connectivity index (χ2v) is 15.8. The maximum Gasteiger partial charge on any atom is 0.338 e. The summed E-state index contributed by atoms with van der Waals surface area (Å²) in [6.07, 6.45) is -9.81. The molecule has 3 aliphatic heterocycles. The molecule has 3 fully saturated rings. The second-order valence-electron chi connectivity index (χ2n) is 14.3. The van der Waals surface area contributed by atoms with Crippen LogP contribution >= 0.6 is 22.6 Å². The predicted molar refractivity (Wildman–Crippen MR) is 216 cm³/mol. The lowest BCUT2D eigenvalue weighted by atomic mass is 9.97. The van der Waals surface area contributed by atoms with Gasteiger partial charge < -0.3 is 47.4 Å².